The second kappa shape index (κ2) is 4.76. The first-order valence-electron chi connectivity index (χ1n) is 6.63. The van der Waals surface area contributed by atoms with Crippen LogP contribution < -0.4 is 4.72 Å². The number of rotatable bonds is 5. The summed E-state index contributed by atoms with van der Waals surface area (Å²) in [4.78, 5) is 10.5. The van der Waals surface area contributed by atoms with Crippen molar-refractivity contribution < 1.29 is 17.6 Å². The lowest BCUT2D eigenvalue weighted by Gasteiger charge is -2.21. The molecule has 0 saturated heterocycles. The summed E-state index contributed by atoms with van der Waals surface area (Å²) in [6.07, 6.45) is 5.41. The van der Waals surface area contributed by atoms with Gasteiger partial charge >= 0.3 is 0 Å². The zero-order valence-corrected chi connectivity index (χ0v) is 11.4. The molecule has 1 N–H and O–H groups in total. The summed E-state index contributed by atoms with van der Waals surface area (Å²) in [5, 5.41) is -0.183. The third kappa shape index (κ3) is 2.47. The maximum atomic E-state index is 12.0. The zero-order chi connectivity index (χ0) is 13.5. The number of hydrogen-bond acceptors (Lipinski definition) is 4. The number of carbonyl (C=O) groups excluding carboxylic acids is 1. The summed E-state index contributed by atoms with van der Waals surface area (Å²) < 4.78 is 31.6. The van der Waals surface area contributed by atoms with E-state index in [0.29, 0.717) is 24.7 Å². The topological polar surface area (TPSA) is 76.4 Å². The molecule has 0 spiro atoms. The van der Waals surface area contributed by atoms with E-state index < -0.39 is 10.0 Å². The van der Waals surface area contributed by atoms with Crippen molar-refractivity contribution in [2.45, 2.75) is 30.8 Å². The van der Waals surface area contributed by atoms with E-state index in [2.05, 4.69) is 4.72 Å². The Morgan fingerprint density at radius 2 is 2.16 bits per heavy atom. The molecular formula is C13H17NO4S. The monoisotopic (exact) mass is 283 g/mol. The summed E-state index contributed by atoms with van der Waals surface area (Å²) in [6.45, 7) is 0.473. The first-order valence-corrected chi connectivity index (χ1v) is 8.11. The molecule has 1 aromatic heterocycles. The van der Waals surface area contributed by atoms with Crippen molar-refractivity contribution in [2.24, 2.45) is 17.8 Å². The number of carbonyl (C=O) groups is 1. The summed E-state index contributed by atoms with van der Waals surface area (Å²) in [5.74, 6) is 1.95. The maximum Gasteiger partial charge on any atom is 0.273 e. The predicted molar refractivity (Wildman–Crippen MR) is 68.2 cm³/mol. The molecule has 0 aromatic carbocycles. The third-order valence-corrected chi connectivity index (χ3v) is 5.70. The van der Waals surface area contributed by atoms with Crippen LogP contribution in [0.25, 0.3) is 0 Å². The molecule has 0 radical (unpaired) electrons. The van der Waals surface area contributed by atoms with E-state index in [9.17, 15) is 13.2 Å². The van der Waals surface area contributed by atoms with E-state index in [0.717, 1.165) is 12.3 Å². The highest BCUT2D eigenvalue weighted by Crippen LogP contribution is 2.48. The van der Waals surface area contributed by atoms with Gasteiger partial charge in [-0.15, -0.1) is 0 Å². The van der Waals surface area contributed by atoms with Crippen LogP contribution in [0.15, 0.2) is 21.6 Å². The van der Waals surface area contributed by atoms with Gasteiger partial charge in [0.05, 0.1) is 0 Å². The zero-order valence-electron chi connectivity index (χ0n) is 10.5. The normalized spacial score (nSPS) is 29.8. The number of hydrogen-bond donors (Lipinski definition) is 1. The second-order valence-electron chi connectivity index (χ2n) is 5.56. The molecule has 2 bridgehead atoms. The van der Waals surface area contributed by atoms with Crippen molar-refractivity contribution in [3.63, 3.8) is 0 Å². The SMILES string of the molecule is O=Cc1ccc(S(=O)(=O)NCC2CC3CCC2C3)o1. The number of aldehydes is 1. The van der Waals surface area contributed by atoms with Gasteiger partial charge in [-0.2, -0.15) is 0 Å². The summed E-state index contributed by atoms with van der Waals surface area (Å²) in [6, 6.07) is 2.67. The predicted octanol–water partition coefficient (Wildman–Crippen LogP) is 1.81. The molecule has 0 amide bonds. The highest BCUT2D eigenvalue weighted by atomic mass is 32.2. The summed E-state index contributed by atoms with van der Waals surface area (Å²) in [5.41, 5.74) is 0. The number of fused-ring (bicyclic) bond motifs is 2. The fourth-order valence-corrected chi connectivity index (χ4v) is 4.49. The maximum absolute atomic E-state index is 12.0. The lowest BCUT2D eigenvalue weighted by Crippen LogP contribution is -2.31. The van der Waals surface area contributed by atoms with E-state index in [1.165, 1.54) is 31.4 Å². The van der Waals surface area contributed by atoms with Gasteiger partial charge in [-0.25, -0.2) is 13.1 Å². The molecule has 1 aromatic rings. The molecule has 0 aliphatic heterocycles. The number of sulfonamides is 1. The Labute approximate surface area is 112 Å². The summed E-state index contributed by atoms with van der Waals surface area (Å²) in [7, 11) is -3.63. The van der Waals surface area contributed by atoms with Crippen molar-refractivity contribution >= 4 is 16.3 Å². The molecule has 3 unspecified atom stereocenters. The molecule has 19 heavy (non-hydrogen) atoms. The van der Waals surface area contributed by atoms with Gasteiger partial charge in [0.1, 0.15) is 0 Å². The van der Waals surface area contributed by atoms with Gasteiger partial charge in [0.15, 0.2) is 12.0 Å². The Morgan fingerprint density at radius 1 is 1.32 bits per heavy atom. The minimum atomic E-state index is -3.63. The Kier molecular flexibility index (Phi) is 3.22. The minimum absolute atomic E-state index is 0.0281. The highest BCUT2D eigenvalue weighted by Gasteiger charge is 2.39. The van der Waals surface area contributed by atoms with Crippen LogP contribution in [0.5, 0.6) is 0 Å². The molecule has 3 rings (SSSR count). The van der Waals surface area contributed by atoms with Gasteiger partial charge in [-0.3, -0.25) is 4.79 Å². The van der Waals surface area contributed by atoms with Crippen LogP contribution in [0.4, 0.5) is 0 Å². The molecule has 3 atom stereocenters. The van der Waals surface area contributed by atoms with Crippen LogP contribution in [-0.2, 0) is 10.0 Å². The molecule has 104 valence electrons. The van der Waals surface area contributed by atoms with Gasteiger partial charge in [0.2, 0.25) is 5.09 Å². The lowest BCUT2D eigenvalue weighted by molar-refractivity contribution is 0.109. The van der Waals surface area contributed by atoms with E-state index in [1.807, 2.05) is 0 Å². The standard InChI is InChI=1S/C13H17NO4S/c15-8-12-3-4-13(18-12)19(16,17)14-7-11-6-9-1-2-10(11)5-9/h3-4,8-11,14H,1-2,5-7H2. The smallest absolute Gasteiger partial charge is 0.273 e. The molecule has 6 heteroatoms. The Bertz CT molecular complexity index is 577. The van der Waals surface area contributed by atoms with Crippen molar-refractivity contribution in [3.8, 4) is 0 Å². The van der Waals surface area contributed by atoms with Crippen molar-refractivity contribution in [1.29, 1.82) is 0 Å². The van der Waals surface area contributed by atoms with Crippen LogP contribution >= 0.6 is 0 Å². The van der Waals surface area contributed by atoms with Crippen molar-refractivity contribution in [3.05, 3.63) is 17.9 Å². The minimum Gasteiger partial charge on any atom is -0.440 e. The molecule has 2 saturated carbocycles. The first kappa shape index (κ1) is 12.9. The fourth-order valence-electron chi connectivity index (χ4n) is 3.46. The van der Waals surface area contributed by atoms with Crippen molar-refractivity contribution in [1.82, 2.24) is 4.72 Å². The van der Waals surface area contributed by atoms with E-state index >= 15 is 0 Å². The quantitative estimate of drug-likeness (QED) is 0.836. The van der Waals surface area contributed by atoms with E-state index in [1.54, 1.807) is 0 Å². The second-order valence-corrected chi connectivity index (χ2v) is 7.26. The Morgan fingerprint density at radius 3 is 2.74 bits per heavy atom. The van der Waals surface area contributed by atoms with Crippen LogP contribution in [0.2, 0.25) is 0 Å². The third-order valence-electron chi connectivity index (χ3n) is 4.40. The van der Waals surface area contributed by atoms with Crippen LogP contribution in [0.1, 0.15) is 36.2 Å². The van der Waals surface area contributed by atoms with E-state index in [-0.39, 0.29) is 10.9 Å². The number of nitrogens with one attached hydrogen (secondary N) is 1. The fraction of sp³-hybridized carbons (Fsp3) is 0.615. The van der Waals surface area contributed by atoms with Crippen molar-refractivity contribution in [2.75, 3.05) is 6.54 Å². The van der Waals surface area contributed by atoms with Crippen LogP contribution in [-0.4, -0.2) is 21.2 Å². The largest absolute Gasteiger partial charge is 0.440 e. The van der Waals surface area contributed by atoms with Gasteiger partial charge in [0.25, 0.3) is 10.0 Å². The van der Waals surface area contributed by atoms with Gasteiger partial charge < -0.3 is 4.42 Å². The van der Waals surface area contributed by atoms with Gasteiger partial charge in [-0.05, 0) is 49.1 Å². The van der Waals surface area contributed by atoms with E-state index in [4.69, 9.17) is 4.42 Å². The summed E-state index contributed by atoms with van der Waals surface area (Å²) >= 11 is 0. The Balaban J connectivity index is 1.64. The molecule has 2 aliphatic rings. The average Bonchev–Trinajstić information content (AvgIpc) is 3.11. The van der Waals surface area contributed by atoms with Gasteiger partial charge in [0, 0.05) is 6.54 Å². The lowest BCUT2D eigenvalue weighted by atomic mass is 9.89. The highest BCUT2D eigenvalue weighted by molar-refractivity contribution is 7.89. The Hall–Kier alpha value is -1.14. The first-order chi connectivity index (χ1) is 9.08. The molecule has 5 nitrogen and oxygen atoms in total. The van der Waals surface area contributed by atoms with Crippen LogP contribution in [0, 0.1) is 17.8 Å². The molecular weight excluding hydrogens is 266 g/mol. The van der Waals surface area contributed by atoms with Gasteiger partial charge in [-0.1, -0.05) is 6.42 Å². The molecule has 2 aliphatic carbocycles. The van der Waals surface area contributed by atoms with Crippen LogP contribution in [0.3, 0.4) is 0 Å². The molecule has 1 heterocycles. The molecule has 2 fully saturated rings. The number of furan rings is 1. The average molecular weight is 283 g/mol.